The largest absolute Gasteiger partial charge is 0.330 e. The zero-order chi connectivity index (χ0) is 7.98. The number of rotatable bonds is 5. The quantitative estimate of drug-likeness (QED) is 0.459. The molecule has 0 aliphatic rings. The first-order chi connectivity index (χ1) is 4.72. The molecule has 0 saturated heterocycles. The van der Waals surface area contributed by atoms with Crippen LogP contribution in [0.5, 0.6) is 0 Å². The fraction of sp³-hybridized carbons (Fsp3) is 1.00. The topological polar surface area (TPSA) is 52.0 Å². The van der Waals surface area contributed by atoms with Crippen LogP contribution in [0.3, 0.4) is 0 Å². The Labute approximate surface area is 73.6 Å². The lowest BCUT2D eigenvalue weighted by molar-refractivity contribution is 0.690. The summed E-state index contributed by atoms with van der Waals surface area (Å²) in [6.07, 6.45) is 1.83. The molecule has 0 saturated carbocycles. The smallest absolute Gasteiger partial charge is 0.0146 e. The van der Waals surface area contributed by atoms with E-state index < -0.39 is 0 Å². The number of thiol groups is 2. The Morgan fingerprint density at radius 2 is 1.20 bits per heavy atom. The van der Waals surface area contributed by atoms with Gasteiger partial charge in [0, 0.05) is 10.5 Å². The molecule has 0 rings (SSSR count). The molecule has 0 amide bonds. The van der Waals surface area contributed by atoms with Crippen molar-refractivity contribution in [3.8, 4) is 0 Å². The van der Waals surface area contributed by atoms with Gasteiger partial charge in [-0.3, -0.25) is 0 Å². The summed E-state index contributed by atoms with van der Waals surface area (Å²) in [6, 6.07) is 0. The highest BCUT2D eigenvalue weighted by molar-refractivity contribution is 7.85. The average Bonchev–Trinajstić information content (AvgIpc) is 1.89. The first-order valence-electron chi connectivity index (χ1n) is 3.48. The first kappa shape index (κ1) is 10.6. The highest BCUT2D eigenvalue weighted by Crippen LogP contribution is 2.14. The van der Waals surface area contributed by atoms with Gasteiger partial charge < -0.3 is 11.5 Å². The molecule has 0 radical (unpaired) electrons. The molecule has 62 valence electrons. The van der Waals surface area contributed by atoms with Crippen LogP contribution in [0, 0.1) is 0 Å². The average molecular weight is 180 g/mol. The van der Waals surface area contributed by atoms with Gasteiger partial charge in [0.15, 0.2) is 0 Å². The third-order valence-electron chi connectivity index (χ3n) is 1.37. The van der Waals surface area contributed by atoms with Crippen molar-refractivity contribution in [3.63, 3.8) is 0 Å². The summed E-state index contributed by atoms with van der Waals surface area (Å²) in [6.45, 7) is 1.35. The van der Waals surface area contributed by atoms with Gasteiger partial charge in [-0.05, 0) is 25.9 Å². The van der Waals surface area contributed by atoms with Gasteiger partial charge in [-0.2, -0.15) is 25.3 Å². The second-order valence-electron chi connectivity index (χ2n) is 2.29. The summed E-state index contributed by atoms with van der Waals surface area (Å²) in [5.41, 5.74) is 10.7. The summed E-state index contributed by atoms with van der Waals surface area (Å²) in [7, 11) is 0. The van der Waals surface area contributed by atoms with Crippen LogP contribution < -0.4 is 11.5 Å². The normalized spacial score (nSPS) is 16.8. The standard InChI is InChI=1S/C6H16N2S2/c7-3-1-5(9)6(10)2-4-8/h5-6,9-10H,1-4,7-8H2. The predicted octanol–water partition coefficient (Wildman–Crippen LogP) is 0.281. The van der Waals surface area contributed by atoms with Crippen molar-refractivity contribution in [1.82, 2.24) is 0 Å². The van der Waals surface area contributed by atoms with E-state index in [0.717, 1.165) is 12.8 Å². The van der Waals surface area contributed by atoms with E-state index in [1.54, 1.807) is 0 Å². The van der Waals surface area contributed by atoms with Crippen molar-refractivity contribution in [2.45, 2.75) is 23.3 Å². The molecule has 2 atom stereocenters. The summed E-state index contributed by atoms with van der Waals surface area (Å²) in [5.74, 6) is 0. The highest BCUT2D eigenvalue weighted by atomic mass is 32.1. The molecule has 0 aromatic rings. The Kier molecular flexibility index (Phi) is 6.73. The summed E-state index contributed by atoms with van der Waals surface area (Å²) in [5, 5.41) is 0.578. The van der Waals surface area contributed by atoms with Gasteiger partial charge in [-0.1, -0.05) is 0 Å². The maximum Gasteiger partial charge on any atom is 0.0146 e. The molecule has 4 N–H and O–H groups in total. The molecule has 0 spiro atoms. The Hall–Kier alpha value is 0.620. The third kappa shape index (κ3) is 4.44. The summed E-state index contributed by atoms with van der Waals surface area (Å²) < 4.78 is 0. The second-order valence-corrected chi connectivity index (χ2v) is 3.62. The SMILES string of the molecule is NCCC(S)C(S)CCN. The van der Waals surface area contributed by atoms with Crippen molar-refractivity contribution in [2.24, 2.45) is 11.5 Å². The van der Waals surface area contributed by atoms with Crippen molar-refractivity contribution in [2.75, 3.05) is 13.1 Å². The number of hydrogen-bond donors (Lipinski definition) is 4. The lowest BCUT2D eigenvalue weighted by Crippen LogP contribution is -2.22. The lowest BCUT2D eigenvalue weighted by Gasteiger charge is -2.15. The molecular formula is C6H16N2S2. The van der Waals surface area contributed by atoms with Gasteiger partial charge in [0.2, 0.25) is 0 Å². The van der Waals surface area contributed by atoms with Crippen LogP contribution in [0.25, 0.3) is 0 Å². The molecule has 10 heavy (non-hydrogen) atoms. The molecular weight excluding hydrogens is 164 g/mol. The van der Waals surface area contributed by atoms with Crippen LogP contribution in [0.2, 0.25) is 0 Å². The molecule has 0 heterocycles. The van der Waals surface area contributed by atoms with Gasteiger partial charge in [-0.15, -0.1) is 0 Å². The maximum absolute atomic E-state index is 5.35. The van der Waals surface area contributed by atoms with E-state index >= 15 is 0 Å². The van der Waals surface area contributed by atoms with Gasteiger partial charge in [0.1, 0.15) is 0 Å². The van der Waals surface area contributed by atoms with Crippen molar-refractivity contribution >= 4 is 25.3 Å². The fourth-order valence-electron chi connectivity index (χ4n) is 0.726. The third-order valence-corrected chi connectivity index (χ3v) is 2.84. The molecule has 2 unspecified atom stereocenters. The van der Waals surface area contributed by atoms with E-state index in [4.69, 9.17) is 11.5 Å². The van der Waals surface area contributed by atoms with Crippen LogP contribution in [0.4, 0.5) is 0 Å². The molecule has 0 aliphatic carbocycles. The molecule has 0 aromatic heterocycles. The predicted molar refractivity (Wildman–Crippen MR) is 52.9 cm³/mol. The maximum atomic E-state index is 5.35. The van der Waals surface area contributed by atoms with E-state index in [-0.39, 0.29) is 10.5 Å². The second kappa shape index (κ2) is 6.34. The van der Waals surface area contributed by atoms with E-state index in [0.29, 0.717) is 13.1 Å². The van der Waals surface area contributed by atoms with Crippen LogP contribution >= 0.6 is 25.3 Å². The zero-order valence-electron chi connectivity index (χ0n) is 6.03. The van der Waals surface area contributed by atoms with Crippen LogP contribution in [-0.4, -0.2) is 23.6 Å². The summed E-state index contributed by atoms with van der Waals surface area (Å²) in [4.78, 5) is 0. The Morgan fingerprint density at radius 3 is 1.40 bits per heavy atom. The Morgan fingerprint density at radius 1 is 0.900 bits per heavy atom. The molecule has 2 nitrogen and oxygen atoms in total. The molecule has 0 bridgehead atoms. The monoisotopic (exact) mass is 180 g/mol. The molecule has 0 aromatic carbocycles. The minimum atomic E-state index is 0.289. The minimum absolute atomic E-state index is 0.289. The Bertz CT molecular complexity index is 70.1. The van der Waals surface area contributed by atoms with Gasteiger partial charge >= 0.3 is 0 Å². The van der Waals surface area contributed by atoms with Gasteiger partial charge in [0.05, 0.1) is 0 Å². The van der Waals surface area contributed by atoms with E-state index in [2.05, 4.69) is 25.3 Å². The van der Waals surface area contributed by atoms with Crippen LogP contribution in [0.1, 0.15) is 12.8 Å². The van der Waals surface area contributed by atoms with Crippen LogP contribution in [-0.2, 0) is 0 Å². The number of hydrogen-bond acceptors (Lipinski definition) is 4. The Balaban J connectivity index is 3.38. The number of nitrogens with two attached hydrogens (primary N) is 2. The van der Waals surface area contributed by atoms with E-state index in [1.165, 1.54) is 0 Å². The first-order valence-corrected chi connectivity index (χ1v) is 4.52. The molecule has 0 aliphatic heterocycles. The van der Waals surface area contributed by atoms with Crippen molar-refractivity contribution in [3.05, 3.63) is 0 Å². The fourth-order valence-corrected chi connectivity index (χ4v) is 1.32. The van der Waals surface area contributed by atoms with Crippen molar-refractivity contribution in [1.29, 1.82) is 0 Å². The summed E-state index contributed by atoms with van der Waals surface area (Å²) >= 11 is 8.65. The minimum Gasteiger partial charge on any atom is -0.330 e. The molecule has 4 heteroatoms. The zero-order valence-corrected chi connectivity index (χ0v) is 7.82. The van der Waals surface area contributed by atoms with Crippen molar-refractivity contribution < 1.29 is 0 Å². The van der Waals surface area contributed by atoms with Crippen LogP contribution in [0.15, 0.2) is 0 Å². The molecule has 0 fully saturated rings. The van der Waals surface area contributed by atoms with Gasteiger partial charge in [-0.25, -0.2) is 0 Å². The highest BCUT2D eigenvalue weighted by Gasteiger charge is 2.11. The van der Waals surface area contributed by atoms with E-state index in [9.17, 15) is 0 Å². The lowest BCUT2D eigenvalue weighted by atomic mass is 10.2. The van der Waals surface area contributed by atoms with Gasteiger partial charge in [0.25, 0.3) is 0 Å². The van der Waals surface area contributed by atoms with E-state index in [1.807, 2.05) is 0 Å².